The summed E-state index contributed by atoms with van der Waals surface area (Å²) < 4.78 is 2.03. The lowest BCUT2D eigenvalue weighted by Crippen LogP contribution is -2.31. The number of aryl methyl sites for hydroxylation is 1. The molecule has 0 aliphatic rings. The fourth-order valence-electron chi connectivity index (χ4n) is 1.85. The zero-order valence-electron chi connectivity index (χ0n) is 11.7. The van der Waals surface area contributed by atoms with Gasteiger partial charge < -0.3 is 11.1 Å². The minimum atomic E-state index is -0.0919. The van der Waals surface area contributed by atoms with Crippen molar-refractivity contribution in [2.75, 3.05) is 11.9 Å². The van der Waals surface area contributed by atoms with Crippen LogP contribution in [0.25, 0.3) is 0 Å². The lowest BCUT2D eigenvalue weighted by molar-refractivity contribution is 0.540. The van der Waals surface area contributed by atoms with Crippen molar-refractivity contribution >= 4 is 21.6 Å². The Kier molecular flexibility index (Phi) is 7.09. The molecule has 0 aromatic carbocycles. The lowest BCUT2D eigenvalue weighted by Gasteiger charge is -2.18. The van der Waals surface area contributed by atoms with E-state index in [0.29, 0.717) is 17.6 Å². The average molecular weight is 331 g/mol. The SMILES string of the molecule is CCCCn1ncc(NC(CN)CCC)c(Br)c1=O. The maximum atomic E-state index is 12.1. The number of unbranched alkanes of at least 4 members (excludes halogenated alkanes) is 1. The van der Waals surface area contributed by atoms with Crippen LogP contribution in [-0.4, -0.2) is 22.4 Å². The standard InChI is InChI=1S/C13H23BrN4O/c1-3-5-7-18-13(19)12(14)11(9-16-18)17-10(8-15)6-4-2/h9-10,17H,3-8,15H2,1-2H3. The molecule has 0 saturated carbocycles. The van der Waals surface area contributed by atoms with Crippen molar-refractivity contribution in [1.82, 2.24) is 9.78 Å². The number of nitrogens with two attached hydrogens (primary N) is 1. The van der Waals surface area contributed by atoms with Crippen LogP contribution in [0.15, 0.2) is 15.5 Å². The molecule has 1 heterocycles. The molecule has 0 saturated heterocycles. The molecule has 0 amide bonds. The highest BCUT2D eigenvalue weighted by Gasteiger charge is 2.12. The minimum Gasteiger partial charge on any atom is -0.379 e. The summed E-state index contributed by atoms with van der Waals surface area (Å²) in [5.74, 6) is 0. The van der Waals surface area contributed by atoms with Gasteiger partial charge in [0.1, 0.15) is 4.47 Å². The van der Waals surface area contributed by atoms with Crippen LogP contribution < -0.4 is 16.6 Å². The zero-order chi connectivity index (χ0) is 14.3. The monoisotopic (exact) mass is 330 g/mol. The highest BCUT2D eigenvalue weighted by molar-refractivity contribution is 9.10. The van der Waals surface area contributed by atoms with Gasteiger partial charge in [0.2, 0.25) is 0 Å². The quantitative estimate of drug-likeness (QED) is 0.767. The molecule has 0 spiro atoms. The van der Waals surface area contributed by atoms with E-state index in [1.165, 1.54) is 4.68 Å². The minimum absolute atomic E-state index is 0.0919. The molecule has 1 atom stereocenters. The van der Waals surface area contributed by atoms with Gasteiger partial charge in [-0.3, -0.25) is 4.79 Å². The Labute approximate surface area is 122 Å². The third-order valence-corrected chi connectivity index (χ3v) is 3.76. The summed E-state index contributed by atoms with van der Waals surface area (Å²) in [6.45, 7) is 5.40. The van der Waals surface area contributed by atoms with E-state index in [-0.39, 0.29) is 11.6 Å². The summed E-state index contributed by atoms with van der Waals surface area (Å²) in [5.41, 5.74) is 6.34. The fraction of sp³-hybridized carbons (Fsp3) is 0.692. The summed E-state index contributed by atoms with van der Waals surface area (Å²) in [6.07, 6.45) is 5.71. The van der Waals surface area contributed by atoms with Gasteiger partial charge in [0.15, 0.2) is 0 Å². The number of hydrogen-bond acceptors (Lipinski definition) is 4. The molecule has 0 aliphatic carbocycles. The van der Waals surface area contributed by atoms with E-state index >= 15 is 0 Å². The van der Waals surface area contributed by atoms with Crippen molar-refractivity contribution in [2.24, 2.45) is 5.73 Å². The number of rotatable bonds is 8. The maximum absolute atomic E-state index is 12.1. The smallest absolute Gasteiger partial charge is 0.283 e. The Morgan fingerprint density at radius 1 is 1.47 bits per heavy atom. The molecule has 1 aromatic heterocycles. The summed E-state index contributed by atoms with van der Waals surface area (Å²) in [4.78, 5) is 12.1. The van der Waals surface area contributed by atoms with Crippen molar-refractivity contribution in [2.45, 2.75) is 52.1 Å². The molecule has 1 aromatic rings. The van der Waals surface area contributed by atoms with Gasteiger partial charge in [-0.15, -0.1) is 0 Å². The van der Waals surface area contributed by atoms with Crippen LogP contribution in [-0.2, 0) is 6.54 Å². The number of aromatic nitrogens is 2. The Hall–Kier alpha value is -0.880. The molecule has 0 radical (unpaired) electrons. The van der Waals surface area contributed by atoms with E-state index in [1.54, 1.807) is 6.20 Å². The van der Waals surface area contributed by atoms with E-state index in [2.05, 4.69) is 40.2 Å². The second kappa shape index (κ2) is 8.32. The zero-order valence-corrected chi connectivity index (χ0v) is 13.2. The highest BCUT2D eigenvalue weighted by Crippen LogP contribution is 2.18. The third-order valence-electron chi connectivity index (χ3n) is 2.99. The highest BCUT2D eigenvalue weighted by atomic mass is 79.9. The van der Waals surface area contributed by atoms with E-state index in [4.69, 9.17) is 5.73 Å². The predicted octanol–water partition coefficient (Wildman–Crippen LogP) is 2.35. The van der Waals surface area contributed by atoms with Gasteiger partial charge in [-0.05, 0) is 28.8 Å². The third kappa shape index (κ3) is 4.62. The molecule has 19 heavy (non-hydrogen) atoms. The second-order valence-corrected chi connectivity index (χ2v) is 5.41. The van der Waals surface area contributed by atoms with Crippen LogP contribution in [0.1, 0.15) is 39.5 Å². The molecule has 6 heteroatoms. The van der Waals surface area contributed by atoms with E-state index < -0.39 is 0 Å². The normalized spacial score (nSPS) is 12.4. The first kappa shape index (κ1) is 16.2. The van der Waals surface area contributed by atoms with Crippen LogP contribution in [0.4, 0.5) is 5.69 Å². The van der Waals surface area contributed by atoms with Crippen LogP contribution in [0.3, 0.4) is 0 Å². The Bertz CT molecular complexity index is 447. The van der Waals surface area contributed by atoms with Crippen molar-refractivity contribution in [3.05, 3.63) is 21.0 Å². The Balaban J connectivity index is 2.86. The largest absolute Gasteiger partial charge is 0.379 e. The van der Waals surface area contributed by atoms with Crippen LogP contribution in [0, 0.1) is 0 Å². The summed E-state index contributed by atoms with van der Waals surface area (Å²) in [6, 6.07) is 0.175. The van der Waals surface area contributed by atoms with E-state index in [0.717, 1.165) is 31.4 Å². The van der Waals surface area contributed by atoms with Crippen LogP contribution in [0.2, 0.25) is 0 Å². The first-order chi connectivity index (χ1) is 9.13. The predicted molar refractivity (Wildman–Crippen MR) is 82.5 cm³/mol. The number of nitrogens with one attached hydrogen (secondary N) is 1. The molecule has 0 aliphatic heterocycles. The average Bonchev–Trinajstić information content (AvgIpc) is 2.42. The van der Waals surface area contributed by atoms with Crippen molar-refractivity contribution in [3.8, 4) is 0 Å². The van der Waals surface area contributed by atoms with Gasteiger partial charge in [-0.25, -0.2) is 4.68 Å². The Morgan fingerprint density at radius 2 is 2.21 bits per heavy atom. The number of nitrogens with zero attached hydrogens (tertiary/aromatic N) is 2. The van der Waals surface area contributed by atoms with Crippen molar-refractivity contribution in [1.29, 1.82) is 0 Å². The molecule has 108 valence electrons. The van der Waals surface area contributed by atoms with E-state index in [1.807, 2.05) is 0 Å². The van der Waals surface area contributed by atoms with Crippen molar-refractivity contribution < 1.29 is 0 Å². The van der Waals surface area contributed by atoms with Gasteiger partial charge in [0, 0.05) is 19.1 Å². The first-order valence-electron chi connectivity index (χ1n) is 6.86. The number of hydrogen-bond donors (Lipinski definition) is 2. The molecule has 0 fully saturated rings. The Morgan fingerprint density at radius 3 is 2.79 bits per heavy atom. The molecule has 1 unspecified atom stereocenters. The van der Waals surface area contributed by atoms with Crippen molar-refractivity contribution in [3.63, 3.8) is 0 Å². The summed E-state index contributed by atoms with van der Waals surface area (Å²) in [5, 5.41) is 7.47. The van der Waals surface area contributed by atoms with Crippen LogP contribution in [0.5, 0.6) is 0 Å². The summed E-state index contributed by atoms with van der Waals surface area (Å²) >= 11 is 3.36. The topological polar surface area (TPSA) is 72.9 Å². The molecule has 3 N–H and O–H groups in total. The number of anilines is 1. The van der Waals surface area contributed by atoms with Gasteiger partial charge in [-0.2, -0.15) is 5.10 Å². The second-order valence-electron chi connectivity index (χ2n) is 4.62. The molecular weight excluding hydrogens is 308 g/mol. The van der Waals surface area contributed by atoms with Crippen LogP contribution >= 0.6 is 15.9 Å². The first-order valence-corrected chi connectivity index (χ1v) is 7.65. The summed E-state index contributed by atoms with van der Waals surface area (Å²) in [7, 11) is 0. The molecule has 0 bridgehead atoms. The van der Waals surface area contributed by atoms with Gasteiger partial charge >= 0.3 is 0 Å². The maximum Gasteiger partial charge on any atom is 0.283 e. The number of halogens is 1. The molecule has 1 rings (SSSR count). The molecular formula is C13H23BrN4O. The van der Waals surface area contributed by atoms with Gasteiger partial charge in [-0.1, -0.05) is 26.7 Å². The lowest BCUT2D eigenvalue weighted by atomic mass is 10.1. The molecule has 5 nitrogen and oxygen atoms in total. The fourth-order valence-corrected chi connectivity index (χ4v) is 2.27. The van der Waals surface area contributed by atoms with Gasteiger partial charge in [0.05, 0.1) is 11.9 Å². The van der Waals surface area contributed by atoms with E-state index in [9.17, 15) is 4.79 Å². The van der Waals surface area contributed by atoms with Gasteiger partial charge in [0.25, 0.3) is 5.56 Å².